The predicted molar refractivity (Wildman–Crippen MR) is 91.1 cm³/mol. The zero-order valence-corrected chi connectivity index (χ0v) is 14.2. The molecule has 0 N–H and O–H groups in total. The van der Waals surface area contributed by atoms with Crippen LogP contribution < -0.4 is 5.69 Å². The number of amides is 1. The normalized spacial score (nSPS) is 11.0. The Balaban J connectivity index is 1.97. The molecule has 1 aromatic carbocycles. The van der Waals surface area contributed by atoms with Gasteiger partial charge in [0.15, 0.2) is 5.65 Å². The van der Waals surface area contributed by atoms with E-state index in [4.69, 9.17) is 0 Å². The van der Waals surface area contributed by atoms with E-state index < -0.39 is 11.7 Å². The second-order valence-corrected chi connectivity index (χ2v) is 5.98. The van der Waals surface area contributed by atoms with Crippen LogP contribution in [-0.4, -0.2) is 44.1 Å². The van der Waals surface area contributed by atoms with Crippen LogP contribution in [0.5, 0.6) is 0 Å². The maximum atomic E-state index is 13.3. The van der Waals surface area contributed by atoms with Crippen LogP contribution in [0.2, 0.25) is 0 Å². The van der Waals surface area contributed by atoms with Crippen LogP contribution in [0, 0.1) is 5.82 Å². The van der Waals surface area contributed by atoms with Crippen molar-refractivity contribution in [1.29, 1.82) is 0 Å². The lowest BCUT2D eigenvalue weighted by Crippen LogP contribution is -2.35. The van der Waals surface area contributed by atoms with E-state index in [-0.39, 0.29) is 11.5 Å². The highest BCUT2D eigenvalue weighted by atomic mass is 19.1. The molecule has 130 valence electrons. The highest BCUT2D eigenvalue weighted by Gasteiger charge is 2.20. The number of halogens is 1. The molecule has 1 amide bonds. The first-order valence-electron chi connectivity index (χ1n) is 7.78. The SMILES string of the molecule is CN(C)C(=O)n1c(=O)n(C)c2cnc(CCc3cccc(F)c3)nc21. The molecular weight excluding hydrogens is 325 g/mol. The molecule has 3 aromatic rings. The number of carbonyl (C=O) groups is 1. The van der Waals surface area contributed by atoms with Crippen molar-refractivity contribution >= 4 is 17.2 Å². The fourth-order valence-electron chi connectivity index (χ4n) is 2.59. The number of imidazole rings is 1. The van der Waals surface area contributed by atoms with Crippen molar-refractivity contribution in [3.8, 4) is 0 Å². The maximum absolute atomic E-state index is 13.3. The monoisotopic (exact) mass is 343 g/mol. The first kappa shape index (κ1) is 16.8. The first-order valence-corrected chi connectivity index (χ1v) is 7.78. The zero-order valence-electron chi connectivity index (χ0n) is 14.2. The van der Waals surface area contributed by atoms with Gasteiger partial charge >= 0.3 is 11.7 Å². The van der Waals surface area contributed by atoms with Crippen molar-refractivity contribution in [3.63, 3.8) is 0 Å². The van der Waals surface area contributed by atoms with Gasteiger partial charge in [0.2, 0.25) is 0 Å². The minimum absolute atomic E-state index is 0.274. The number of fused-ring (bicyclic) bond motifs is 1. The van der Waals surface area contributed by atoms with Crippen LogP contribution in [0.25, 0.3) is 11.2 Å². The summed E-state index contributed by atoms with van der Waals surface area (Å²) in [6.45, 7) is 0. The summed E-state index contributed by atoms with van der Waals surface area (Å²) in [4.78, 5) is 34.6. The average molecular weight is 343 g/mol. The Morgan fingerprint density at radius 3 is 2.72 bits per heavy atom. The van der Waals surface area contributed by atoms with Crippen molar-refractivity contribution in [2.45, 2.75) is 12.8 Å². The van der Waals surface area contributed by atoms with Crippen LogP contribution in [0.4, 0.5) is 9.18 Å². The molecule has 0 saturated heterocycles. The molecule has 0 bridgehead atoms. The summed E-state index contributed by atoms with van der Waals surface area (Å²) in [6.07, 6.45) is 2.56. The number of hydrogen-bond donors (Lipinski definition) is 0. The molecule has 0 spiro atoms. The lowest BCUT2D eigenvalue weighted by atomic mass is 10.1. The molecule has 2 heterocycles. The molecule has 25 heavy (non-hydrogen) atoms. The van der Waals surface area contributed by atoms with Crippen molar-refractivity contribution in [1.82, 2.24) is 24.0 Å². The van der Waals surface area contributed by atoms with Gasteiger partial charge in [-0.3, -0.25) is 4.57 Å². The summed E-state index contributed by atoms with van der Waals surface area (Å²) < 4.78 is 15.6. The van der Waals surface area contributed by atoms with Crippen molar-refractivity contribution in [2.75, 3.05) is 14.1 Å². The summed E-state index contributed by atoms with van der Waals surface area (Å²) in [7, 11) is 4.71. The van der Waals surface area contributed by atoms with Gasteiger partial charge in [-0.25, -0.2) is 23.9 Å². The standard InChI is InChI=1S/C17H18FN5O2/c1-21(2)16(24)23-15-13(22(3)17(23)25)10-19-14(20-15)8-7-11-5-4-6-12(18)9-11/h4-6,9-10H,7-8H2,1-3H3. The Morgan fingerprint density at radius 1 is 1.28 bits per heavy atom. The Labute approximate surface area is 143 Å². The number of aryl methyl sites for hydroxylation is 3. The third-order valence-corrected chi connectivity index (χ3v) is 3.95. The third kappa shape index (κ3) is 3.15. The van der Waals surface area contributed by atoms with Gasteiger partial charge in [-0.05, 0) is 24.1 Å². The molecule has 2 aromatic heterocycles. The molecule has 3 rings (SSSR count). The molecule has 0 aliphatic heterocycles. The quantitative estimate of drug-likeness (QED) is 0.724. The number of carbonyl (C=O) groups excluding carboxylic acids is 1. The van der Waals surface area contributed by atoms with Crippen LogP contribution in [0.15, 0.2) is 35.3 Å². The molecule has 0 radical (unpaired) electrons. The van der Waals surface area contributed by atoms with Gasteiger partial charge in [-0.2, -0.15) is 4.57 Å². The molecule has 0 fully saturated rings. The molecule has 7 nitrogen and oxygen atoms in total. The van der Waals surface area contributed by atoms with E-state index in [0.29, 0.717) is 24.2 Å². The van der Waals surface area contributed by atoms with Gasteiger partial charge in [0.1, 0.15) is 17.2 Å². The van der Waals surface area contributed by atoms with E-state index in [9.17, 15) is 14.0 Å². The van der Waals surface area contributed by atoms with Gasteiger partial charge in [0, 0.05) is 27.6 Å². The van der Waals surface area contributed by atoms with Gasteiger partial charge in [-0.15, -0.1) is 0 Å². The van der Waals surface area contributed by atoms with E-state index >= 15 is 0 Å². The lowest BCUT2D eigenvalue weighted by Gasteiger charge is -2.10. The minimum atomic E-state index is -0.467. The zero-order chi connectivity index (χ0) is 18.1. The summed E-state index contributed by atoms with van der Waals surface area (Å²) in [6, 6.07) is 5.87. The molecule has 8 heteroatoms. The van der Waals surface area contributed by atoms with Crippen LogP contribution in [-0.2, 0) is 19.9 Å². The number of rotatable bonds is 3. The van der Waals surface area contributed by atoms with Crippen LogP contribution in [0.1, 0.15) is 11.4 Å². The second-order valence-electron chi connectivity index (χ2n) is 5.98. The Kier molecular flexibility index (Phi) is 4.35. The van der Waals surface area contributed by atoms with Crippen LogP contribution in [0.3, 0.4) is 0 Å². The molecule has 0 atom stereocenters. The summed E-state index contributed by atoms with van der Waals surface area (Å²) in [5, 5.41) is 0. The number of benzene rings is 1. The topological polar surface area (TPSA) is 73.0 Å². The molecule has 0 aliphatic rings. The third-order valence-electron chi connectivity index (χ3n) is 3.95. The highest BCUT2D eigenvalue weighted by molar-refractivity contribution is 5.86. The number of nitrogens with zero attached hydrogens (tertiary/aromatic N) is 5. The second kappa shape index (κ2) is 6.46. The number of hydrogen-bond acceptors (Lipinski definition) is 4. The van der Waals surface area contributed by atoms with Gasteiger partial charge in [-0.1, -0.05) is 12.1 Å². The van der Waals surface area contributed by atoms with E-state index in [1.165, 1.54) is 27.8 Å². The fourth-order valence-corrected chi connectivity index (χ4v) is 2.59. The molecule has 0 aliphatic carbocycles. The summed E-state index contributed by atoms with van der Waals surface area (Å²) >= 11 is 0. The highest BCUT2D eigenvalue weighted by Crippen LogP contribution is 2.12. The summed E-state index contributed by atoms with van der Waals surface area (Å²) in [5.41, 5.74) is 1.12. The first-order chi connectivity index (χ1) is 11.9. The fraction of sp³-hybridized carbons (Fsp3) is 0.294. The Bertz CT molecular complexity index is 1010. The van der Waals surface area contributed by atoms with Gasteiger partial charge in [0.25, 0.3) is 0 Å². The predicted octanol–water partition coefficient (Wildman–Crippen LogP) is 1.58. The van der Waals surface area contributed by atoms with E-state index in [1.54, 1.807) is 27.2 Å². The van der Waals surface area contributed by atoms with E-state index in [0.717, 1.165) is 10.1 Å². The molecular formula is C17H18FN5O2. The van der Waals surface area contributed by atoms with E-state index in [1.807, 2.05) is 6.07 Å². The van der Waals surface area contributed by atoms with Crippen molar-refractivity contribution in [3.05, 3.63) is 58.2 Å². The molecule has 0 saturated carbocycles. The van der Waals surface area contributed by atoms with Gasteiger partial charge in [0.05, 0.1) is 6.20 Å². The van der Waals surface area contributed by atoms with Crippen molar-refractivity contribution < 1.29 is 9.18 Å². The lowest BCUT2D eigenvalue weighted by molar-refractivity contribution is 0.219. The minimum Gasteiger partial charge on any atom is -0.330 e. The number of aromatic nitrogens is 4. The van der Waals surface area contributed by atoms with Crippen molar-refractivity contribution in [2.24, 2.45) is 7.05 Å². The Morgan fingerprint density at radius 2 is 2.04 bits per heavy atom. The van der Waals surface area contributed by atoms with E-state index in [2.05, 4.69) is 9.97 Å². The van der Waals surface area contributed by atoms with Crippen LogP contribution >= 0.6 is 0 Å². The largest absolute Gasteiger partial charge is 0.338 e. The summed E-state index contributed by atoms with van der Waals surface area (Å²) in [5.74, 6) is 0.199. The average Bonchev–Trinajstić information content (AvgIpc) is 2.83. The Hall–Kier alpha value is -3.03. The smallest absolute Gasteiger partial charge is 0.330 e. The molecule has 0 unspecified atom stereocenters. The maximum Gasteiger partial charge on any atom is 0.338 e. The van der Waals surface area contributed by atoms with Gasteiger partial charge < -0.3 is 4.90 Å².